The van der Waals surface area contributed by atoms with E-state index in [9.17, 15) is 19.2 Å². The second-order valence-electron chi connectivity index (χ2n) is 7.55. The monoisotopic (exact) mass is 423 g/mol. The average molecular weight is 423 g/mol. The number of para-hydroxylation sites is 1. The Kier molecular flexibility index (Phi) is 4.56. The van der Waals surface area contributed by atoms with Crippen molar-refractivity contribution in [3.8, 4) is 5.75 Å². The lowest BCUT2D eigenvalue weighted by Crippen LogP contribution is -2.35. The molecule has 0 fully saturated rings. The number of hydrogen-bond acceptors (Lipinski definition) is 5. The molecule has 0 unspecified atom stereocenters. The van der Waals surface area contributed by atoms with Crippen LogP contribution in [0.4, 0.5) is 5.69 Å². The highest BCUT2D eigenvalue weighted by atomic mass is 16.5. The number of carbonyl (C=O) groups is 4. The number of carbonyl (C=O) groups excluding carboxylic acids is 4. The van der Waals surface area contributed by atoms with E-state index in [2.05, 4.69) is 5.32 Å². The van der Waals surface area contributed by atoms with E-state index in [1.54, 1.807) is 60.7 Å². The van der Waals surface area contributed by atoms with Crippen molar-refractivity contribution in [1.82, 2.24) is 0 Å². The van der Waals surface area contributed by atoms with E-state index in [0.717, 1.165) is 0 Å². The number of ketones is 3. The number of amides is 1. The third kappa shape index (κ3) is 2.88. The van der Waals surface area contributed by atoms with E-state index < -0.39 is 23.4 Å². The first-order chi connectivity index (χ1) is 15.5. The molecule has 1 aliphatic heterocycles. The lowest BCUT2D eigenvalue weighted by molar-refractivity contribution is -0.117. The van der Waals surface area contributed by atoms with Gasteiger partial charge >= 0.3 is 0 Å². The summed E-state index contributed by atoms with van der Waals surface area (Å²) in [7, 11) is 1.51. The highest BCUT2D eigenvalue weighted by Gasteiger charge is 2.45. The van der Waals surface area contributed by atoms with E-state index in [0.29, 0.717) is 17.0 Å². The van der Waals surface area contributed by atoms with E-state index >= 15 is 0 Å². The summed E-state index contributed by atoms with van der Waals surface area (Å²) >= 11 is 0. The molecule has 0 saturated heterocycles. The first kappa shape index (κ1) is 19.6. The van der Waals surface area contributed by atoms with Gasteiger partial charge in [0.05, 0.1) is 7.11 Å². The molecular formula is C26H17NO5. The average Bonchev–Trinajstić information content (AvgIpc) is 2.96. The number of ether oxygens (including phenoxy) is 1. The Morgan fingerprint density at radius 2 is 1.38 bits per heavy atom. The van der Waals surface area contributed by atoms with Crippen LogP contribution >= 0.6 is 0 Å². The molecule has 5 rings (SSSR count). The molecule has 6 nitrogen and oxygen atoms in total. The van der Waals surface area contributed by atoms with Crippen LogP contribution in [0, 0.1) is 5.92 Å². The molecule has 1 N–H and O–H groups in total. The maximum atomic E-state index is 13.6. The third-order valence-electron chi connectivity index (χ3n) is 5.80. The van der Waals surface area contributed by atoms with Crippen molar-refractivity contribution in [2.45, 2.75) is 0 Å². The molecule has 0 radical (unpaired) electrons. The van der Waals surface area contributed by atoms with Crippen LogP contribution in [-0.4, -0.2) is 30.4 Å². The number of allylic oxidation sites excluding steroid dienone is 1. The molecule has 1 heterocycles. The van der Waals surface area contributed by atoms with Gasteiger partial charge in [-0.2, -0.15) is 0 Å². The number of benzene rings is 3. The highest BCUT2D eigenvalue weighted by Crippen LogP contribution is 2.41. The largest absolute Gasteiger partial charge is 0.497 e. The first-order valence-electron chi connectivity index (χ1n) is 10.0. The van der Waals surface area contributed by atoms with E-state index in [-0.39, 0.29) is 33.6 Å². The van der Waals surface area contributed by atoms with Crippen molar-refractivity contribution >= 4 is 34.5 Å². The van der Waals surface area contributed by atoms with Gasteiger partial charge in [0.1, 0.15) is 11.7 Å². The summed E-state index contributed by atoms with van der Waals surface area (Å²) in [5, 5.41) is 2.74. The van der Waals surface area contributed by atoms with Crippen molar-refractivity contribution in [1.29, 1.82) is 0 Å². The molecule has 0 saturated carbocycles. The van der Waals surface area contributed by atoms with Gasteiger partial charge in [0.15, 0.2) is 17.3 Å². The quantitative estimate of drug-likeness (QED) is 0.508. The summed E-state index contributed by atoms with van der Waals surface area (Å²) in [5.74, 6) is -3.00. The third-order valence-corrected chi connectivity index (χ3v) is 5.80. The molecule has 6 heteroatoms. The molecule has 1 amide bonds. The summed E-state index contributed by atoms with van der Waals surface area (Å²) < 4.78 is 5.14. The Bertz CT molecular complexity index is 1350. The van der Waals surface area contributed by atoms with Gasteiger partial charge in [0.25, 0.3) is 0 Å². The smallest absolute Gasteiger partial charge is 0.240 e. The fourth-order valence-corrected chi connectivity index (χ4v) is 4.26. The zero-order chi connectivity index (χ0) is 22.4. The van der Waals surface area contributed by atoms with Gasteiger partial charge in [-0.1, -0.05) is 42.5 Å². The molecule has 2 aliphatic rings. The zero-order valence-corrected chi connectivity index (χ0v) is 17.0. The number of anilines is 1. The first-order valence-corrected chi connectivity index (χ1v) is 10.0. The van der Waals surface area contributed by atoms with Crippen LogP contribution in [0.25, 0.3) is 5.57 Å². The fraction of sp³-hybridized carbons (Fsp3) is 0.0769. The SMILES string of the molecule is COc1ccc(C(=O)[C@@H]2C(=O)Nc3ccccc3C3=C2C(=O)c2ccccc2C3=O)cc1. The second-order valence-corrected chi connectivity index (χ2v) is 7.55. The number of fused-ring (bicyclic) bond motifs is 3. The molecule has 156 valence electrons. The van der Waals surface area contributed by atoms with E-state index in [1.807, 2.05) is 0 Å². The van der Waals surface area contributed by atoms with Crippen molar-refractivity contribution in [2.75, 3.05) is 12.4 Å². The normalized spacial score (nSPS) is 17.0. The van der Waals surface area contributed by atoms with Crippen LogP contribution in [0.5, 0.6) is 5.75 Å². The number of rotatable bonds is 3. The van der Waals surface area contributed by atoms with Crippen molar-refractivity contribution in [3.05, 3.63) is 101 Å². The van der Waals surface area contributed by atoms with Gasteiger partial charge < -0.3 is 10.1 Å². The maximum Gasteiger partial charge on any atom is 0.240 e. The number of nitrogens with one attached hydrogen (secondary N) is 1. The minimum absolute atomic E-state index is 0.0861. The Hall–Kier alpha value is -4.32. The van der Waals surface area contributed by atoms with Gasteiger partial charge in [-0.25, -0.2) is 0 Å². The standard InChI is InChI=1S/C26H17NO5/c1-32-15-12-10-14(11-13-15)23(28)22-21-20(18-8-4-5-9-19(18)27-26(22)31)24(29)16-6-2-3-7-17(16)25(21)30/h2-13,22H,1H3,(H,27,31)/t22-/m1/s1. The van der Waals surface area contributed by atoms with Crippen LogP contribution in [-0.2, 0) is 4.79 Å². The lowest BCUT2D eigenvalue weighted by atomic mass is 9.75. The lowest BCUT2D eigenvalue weighted by Gasteiger charge is -2.23. The van der Waals surface area contributed by atoms with Gasteiger partial charge in [-0.3, -0.25) is 19.2 Å². The summed E-state index contributed by atoms with van der Waals surface area (Å²) in [6.45, 7) is 0. The second kappa shape index (κ2) is 7.42. The molecule has 3 aromatic carbocycles. The molecule has 0 bridgehead atoms. The van der Waals surface area contributed by atoms with Gasteiger partial charge in [0, 0.05) is 39.1 Å². The number of methoxy groups -OCH3 is 1. The van der Waals surface area contributed by atoms with Crippen LogP contribution in [0.3, 0.4) is 0 Å². The molecule has 1 aliphatic carbocycles. The molecule has 3 aromatic rings. The summed E-state index contributed by atoms with van der Waals surface area (Å²) in [5.41, 5.74) is 1.51. The van der Waals surface area contributed by atoms with Gasteiger partial charge in [0.2, 0.25) is 5.91 Å². The van der Waals surface area contributed by atoms with Gasteiger partial charge in [-0.15, -0.1) is 0 Å². The molecule has 0 aromatic heterocycles. The Labute approximate surface area is 183 Å². The number of Topliss-reactive ketones (excluding diaryl/α,β-unsaturated/α-hetero) is 3. The topological polar surface area (TPSA) is 89.5 Å². The fourth-order valence-electron chi connectivity index (χ4n) is 4.26. The number of hydrogen-bond donors (Lipinski definition) is 1. The Balaban J connectivity index is 1.76. The Morgan fingerprint density at radius 3 is 2.03 bits per heavy atom. The van der Waals surface area contributed by atoms with Crippen molar-refractivity contribution in [3.63, 3.8) is 0 Å². The van der Waals surface area contributed by atoms with Crippen LogP contribution in [0.2, 0.25) is 0 Å². The Morgan fingerprint density at radius 1 is 0.781 bits per heavy atom. The highest BCUT2D eigenvalue weighted by molar-refractivity contribution is 6.44. The van der Waals surface area contributed by atoms with Crippen molar-refractivity contribution < 1.29 is 23.9 Å². The van der Waals surface area contributed by atoms with Gasteiger partial charge in [-0.05, 0) is 30.3 Å². The minimum atomic E-state index is -1.46. The van der Waals surface area contributed by atoms with E-state index in [1.165, 1.54) is 19.2 Å². The zero-order valence-electron chi connectivity index (χ0n) is 17.0. The molecule has 32 heavy (non-hydrogen) atoms. The molecule has 1 atom stereocenters. The summed E-state index contributed by atoms with van der Waals surface area (Å²) in [6, 6.07) is 19.5. The predicted octanol–water partition coefficient (Wildman–Crippen LogP) is 3.98. The molecular weight excluding hydrogens is 406 g/mol. The van der Waals surface area contributed by atoms with Crippen LogP contribution < -0.4 is 10.1 Å². The predicted molar refractivity (Wildman–Crippen MR) is 118 cm³/mol. The minimum Gasteiger partial charge on any atom is -0.497 e. The van der Waals surface area contributed by atoms with Crippen LogP contribution in [0.1, 0.15) is 36.6 Å². The maximum absolute atomic E-state index is 13.6. The van der Waals surface area contributed by atoms with Crippen LogP contribution in [0.15, 0.2) is 78.4 Å². The van der Waals surface area contributed by atoms with E-state index in [4.69, 9.17) is 4.74 Å². The molecule has 0 spiro atoms. The summed E-state index contributed by atoms with van der Waals surface area (Å²) in [4.78, 5) is 53.9. The van der Waals surface area contributed by atoms with Crippen molar-refractivity contribution in [2.24, 2.45) is 5.92 Å². The summed E-state index contributed by atoms with van der Waals surface area (Å²) in [6.07, 6.45) is 0.